The molecule has 0 unspecified atom stereocenters. The molecule has 12 heavy (non-hydrogen) atoms. The van der Waals surface area contributed by atoms with E-state index < -0.39 is 0 Å². The number of allylic oxidation sites excluding steroid dienone is 1. The molecule has 0 atom stereocenters. The molecule has 0 aliphatic heterocycles. The summed E-state index contributed by atoms with van der Waals surface area (Å²) in [6, 6.07) is 0. The van der Waals surface area contributed by atoms with E-state index in [9.17, 15) is 4.79 Å². The van der Waals surface area contributed by atoms with Crippen LogP contribution < -0.4 is 0 Å². The Morgan fingerprint density at radius 2 is 2.17 bits per heavy atom. The van der Waals surface area contributed by atoms with Crippen molar-refractivity contribution < 1.29 is 48.8 Å². The van der Waals surface area contributed by atoms with Gasteiger partial charge in [-0.05, 0) is 0 Å². The molecule has 0 aromatic rings. The second-order valence-electron chi connectivity index (χ2n) is 1.46. The standard InChI is InChI=1S/C5H5N3O2.2W/c1-2-4(10-3-9)5(6)8-7;;/h2-3H,1H3;;. The van der Waals surface area contributed by atoms with Gasteiger partial charge >= 0.3 is 92.1 Å². The van der Waals surface area contributed by atoms with Crippen LogP contribution in [0.15, 0.2) is 24.0 Å². The summed E-state index contributed by atoms with van der Waals surface area (Å²) in [7, 11) is 0. The molecule has 0 fully saturated rings. The number of amidine groups is 1. The third-order valence-electron chi connectivity index (χ3n) is 0.880. The van der Waals surface area contributed by atoms with Crippen molar-refractivity contribution in [2.45, 2.75) is 6.92 Å². The van der Waals surface area contributed by atoms with Crippen LogP contribution in [0.4, 0.5) is 0 Å². The van der Waals surface area contributed by atoms with Gasteiger partial charge in [-0.25, -0.2) is 0 Å². The Morgan fingerprint density at radius 1 is 1.50 bits per heavy atom. The molecule has 7 heteroatoms. The molecule has 64 valence electrons. The zero-order valence-electron chi connectivity index (χ0n) is 6.13. The van der Waals surface area contributed by atoms with Gasteiger partial charge in [0.15, 0.2) is 0 Å². The van der Waals surface area contributed by atoms with E-state index in [4.69, 9.17) is 0 Å². The first kappa shape index (κ1) is 11.9. The molecule has 0 saturated carbocycles. The average Bonchev–Trinajstić information content (AvgIpc) is 2.11. The van der Waals surface area contributed by atoms with Crippen LogP contribution in [-0.2, 0) is 48.8 Å². The molecule has 0 amide bonds. The molecule has 0 aliphatic carbocycles. The van der Waals surface area contributed by atoms with Gasteiger partial charge in [0.25, 0.3) is 0 Å². The van der Waals surface area contributed by atoms with Crippen LogP contribution in [0.2, 0.25) is 0 Å². The van der Waals surface area contributed by atoms with E-state index in [1.165, 1.54) is 0 Å². The Hall–Kier alpha value is -0.143. The minimum absolute atomic E-state index is 0.338. The summed E-state index contributed by atoms with van der Waals surface area (Å²) in [4.78, 5) is 10.0. The molecule has 0 spiro atoms. The number of ether oxygens (including phenoxy) is 1. The van der Waals surface area contributed by atoms with Crippen molar-refractivity contribution >= 4 is 12.3 Å². The van der Waals surface area contributed by atoms with Crippen molar-refractivity contribution in [2.75, 3.05) is 0 Å². The Bertz CT molecular complexity index is 249. The number of nitrogens with zero attached hydrogens (tertiary/aromatic N) is 3. The summed E-state index contributed by atoms with van der Waals surface area (Å²) in [5, 5.41) is 3.71. The van der Waals surface area contributed by atoms with Gasteiger partial charge in [-0.2, -0.15) is 0 Å². The summed E-state index contributed by atoms with van der Waals surface area (Å²) < 4.78 is 12.1. The van der Waals surface area contributed by atoms with Gasteiger partial charge in [0.05, 0.1) is 0 Å². The van der Waals surface area contributed by atoms with Crippen molar-refractivity contribution in [3.63, 3.8) is 0 Å². The van der Waals surface area contributed by atoms with Crippen molar-refractivity contribution in [3.05, 3.63) is 11.8 Å². The maximum atomic E-state index is 10.0. The summed E-state index contributed by atoms with van der Waals surface area (Å²) in [5.41, 5.74) is 0. The zero-order chi connectivity index (χ0) is 9.40. The van der Waals surface area contributed by atoms with E-state index in [-0.39, 0.29) is 0 Å². The van der Waals surface area contributed by atoms with Crippen LogP contribution in [-0.4, -0.2) is 12.3 Å². The summed E-state index contributed by atoms with van der Waals surface area (Å²) >= 11 is 1.96. The molecule has 0 saturated heterocycles. The van der Waals surface area contributed by atoms with Crippen LogP contribution in [0.3, 0.4) is 0 Å². The van der Waals surface area contributed by atoms with Gasteiger partial charge in [0.2, 0.25) is 0 Å². The monoisotopic (exact) mass is 507 g/mol. The van der Waals surface area contributed by atoms with Gasteiger partial charge in [-0.1, -0.05) is 0 Å². The maximum absolute atomic E-state index is 10.0. The van der Waals surface area contributed by atoms with E-state index in [2.05, 4.69) is 16.9 Å². The fraction of sp³-hybridized carbons (Fsp3) is 0.200. The Labute approximate surface area is 91.8 Å². The molecule has 5 nitrogen and oxygen atoms in total. The third-order valence-corrected chi connectivity index (χ3v) is 1.79. The average molecular weight is 507 g/mol. The Morgan fingerprint density at radius 3 is 2.50 bits per heavy atom. The number of hydrogen-bond acceptors (Lipinski definition) is 4. The third kappa shape index (κ3) is 4.03. The van der Waals surface area contributed by atoms with Crippen LogP contribution in [0.25, 0.3) is 0 Å². The number of carbonyl (C=O) groups is 1. The first-order chi connectivity index (χ1) is 5.79. The van der Waals surface area contributed by atoms with Crippen LogP contribution in [0.5, 0.6) is 0 Å². The molecule has 0 rings (SSSR count). The van der Waals surface area contributed by atoms with Crippen LogP contribution >= 0.6 is 0 Å². The number of hydrogen-bond donors (Lipinski definition) is 0. The fourth-order valence-electron chi connectivity index (χ4n) is 0.453. The Balaban J connectivity index is 4.67. The van der Waals surface area contributed by atoms with Gasteiger partial charge in [0.1, 0.15) is 0 Å². The minimum atomic E-state index is 0.338. The fourth-order valence-corrected chi connectivity index (χ4v) is 1.19. The second kappa shape index (κ2) is 7.50. The SMILES string of the molecule is CC=C(OC=O)C([N]=[W])=N[N]=[W]. The normalized spacial score (nSPS) is 12.1. The number of carbonyl (C=O) groups excluding carboxylic acids is 1. The van der Waals surface area contributed by atoms with Gasteiger partial charge in [0, 0.05) is 0 Å². The molecule has 0 aliphatic rings. The van der Waals surface area contributed by atoms with Gasteiger partial charge < -0.3 is 0 Å². The topological polar surface area (TPSA) is 63.4 Å². The number of rotatable bonds is 4. The van der Waals surface area contributed by atoms with Crippen molar-refractivity contribution in [3.8, 4) is 0 Å². The van der Waals surface area contributed by atoms with E-state index in [0.29, 0.717) is 18.1 Å². The van der Waals surface area contributed by atoms with Gasteiger partial charge in [-0.15, -0.1) is 0 Å². The second-order valence-corrected chi connectivity index (χ2v) is 2.71. The Kier molecular flexibility index (Phi) is 7.41. The molecular weight excluding hydrogens is 502 g/mol. The summed E-state index contributed by atoms with van der Waals surface area (Å²) in [5.74, 6) is 0.694. The van der Waals surface area contributed by atoms with Crippen LogP contribution in [0.1, 0.15) is 6.92 Å². The first-order valence-electron chi connectivity index (χ1n) is 2.80. The van der Waals surface area contributed by atoms with E-state index in [1.807, 2.05) is 0 Å². The van der Waals surface area contributed by atoms with Crippen molar-refractivity contribution in [1.29, 1.82) is 0 Å². The first-order valence-corrected chi connectivity index (χ1v) is 5.43. The molecular formula is C5H5N3O2W2. The van der Waals surface area contributed by atoms with Crippen molar-refractivity contribution in [1.82, 2.24) is 0 Å². The van der Waals surface area contributed by atoms with Crippen LogP contribution in [0, 0.1) is 0 Å². The molecule has 0 aromatic carbocycles. The molecule has 0 heterocycles. The molecule has 0 N–H and O–H groups in total. The van der Waals surface area contributed by atoms with E-state index in [1.54, 1.807) is 13.0 Å². The van der Waals surface area contributed by atoms with E-state index >= 15 is 0 Å². The van der Waals surface area contributed by atoms with Crippen molar-refractivity contribution in [2.24, 2.45) is 12.2 Å². The quantitative estimate of drug-likeness (QED) is 0.187. The zero-order valence-corrected chi connectivity index (χ0v) is 12.0. The van der Waals surface area contributed by atoms with E-state index in [0.717, 1.165) is 39.3 Å². The molecule has 0 radical (unpaired) electrons. The predicted octanol–water partition coefficient (Wildman–Crippen LogP) is 0.838. The summed E-state index contributed by atoms with van der Waals surface area (Å²) in [6.45, 7) is 2.07. The summed E-state index contributed by atoms with van der Waals surface area (Å²) in [6.07, 6.45) is 1.61. The predicted molar refractivity (Wildman–Crippen MR) is 33.2 cm³/mol. The van der Waals surface area contributed by atoms with Gasteiger partial charge in [-0.3, -0.25) is 0 Å². The molecule has 0 aromatic heterocycles. The molecule has 0 bridgehead atoms.